The number of thiazole rings is 1. The molecule has 0 saturated heterocycles. The average Bonchev–Trinajstić information content (AvgIpc) is 3.22. The molecule has 24 heavy (non-hydrogen) atoms. The molecule has 3 rings (SSSR count). The lowest BCUT2D eigenvalue weighted by molar-refractivity contribution is -0.121. The summed E-state index contributed by atoms with van der Waals surface area (Å²) >= 11 is 1.65. The lowest BCUT2D eigenvalue weighted by atomic mass is 10.2. The molecule has 0 aliphatic heterocycles. The molecule has 126 valence electrons. The summed E-state index contributed by atoms with van der Waals surface area (Å²) in [5, 5.41) is 3.99. The highest BCUT2D eigenvalue weighted by Gasteiger charge is 2.17. The van der Waals surface area contributed by atoms with E-state index in [9.17, 15) is 4.79 Å². The van der Waals surface area contributed by atoms with E-state index in [0.29, 0.717) is 19.4 Å². The highest BCUT2D eigenvalue weighted by molar-refractivity contribution is 7.18. The van der Waals surface area contributed by atoms with Crippen molar-refractivity contribution in [3.05, 3.63) is 53.4 Å². The van der Waals surface area contributed by atoms with Crippen molar-refractivity contribution in [3.8, 4) is 0 Å². The average molecular weight is 343 g/mol. The van der Waals surface area contributed by atoms with Gasteiger partial charge in [-0.2, -0.15) is 0 Å². The molecule has 0 saturated carbocycles. The fourth-order valence-corrected chi connectivity index (χ4v) is 3.53. The Morgan fingerprint density at radius 2 is 2.12 bits per heavy atom. The first-order chi connectivity index (χ1) is 11.6. The summed E-state index contributed by atoms with van der Waals surface area (Å²) in [6.07, 6.45) is 2.76. The van der Waals surface area contributed by atoms with Crippen LogP contribution in [0.1, 0.15) is 23.2 Å². The van der Waals surface area contributed by atoms with Crippen molar-refractivity contribution < 1.29 is 9.21 Å². The van der Waals surface area contributed by atoms with Gasteiger partial charge in [0.05, 0.1) is 27.5 Å². The molecule has 5 nitrogen and oxygen atoms in total. The van der Waals surface area contributed by atoms with Crippen LogP contribution in [0.4, 0.5) is 0 Å². The Morgan fingerprint density at radius 1 is 1.29 bits per heavy atom. The summed E-state index contributed by atoms with van der Waals surface area (Å²) < 4.78 is 6.62. The van der Waals surface area contributed by atoms with Gasteiger partial charge in [-0.3, -0.25) is 9.69 Å². The topological polar surface area (TPSA) is 58.4 Å². The van der Waals surface area contributed by atoms with E-state index in [-0.39, 0.29) is 11.9 Å². The van der Waals surface area contributed by atoms with Crippen molar-refractivity contribution >= 4 is 27.5 Å². The molecule has 2 aromatic heterocycles. The molecule has 0 aliphatic rings. The van der Waals surface area contributed by atoms with E-state index in [2.05, 4.69) is 16.4 Å². The number of amides is 1. The van der Waals surface area contributed by atoms with Gasteiger partial charge in [-0.15, -0.1) is 11.3 Å². The molecule has 1 amide bonds. The number of aryl methyl sites for hydroxylation is 1. The minimum Gasteiger partial charge on any atom is -0.468 e. The van der Waals surface area contributed by atoms with Crippen molar-refractivity contribution in [2.24, 2.45) is 0 Å². The predicted octanol–water partition coefficient (Wildman–Crippen LogP) is 3.24. The number of para-hydroxylation sites is 1. The molecular weight excluding hydrogens is 322 g/mol. The summed E-state index contributed by atoms with van der Waals surface area (Å²) in [4.78, 5) is 18.7. The van der Waals surface area contributed by atoms with Crippen molar-refractivity contribution in [2.75, 3.05) is 20.6 Å². The molecule has 0 aliphatic carbocycles. The third-order valence-corrected chi connectivity index (χ3v) is 4.99. The third-order valence-electron chi connectivity index (χ3n) is 3.89. The Morgan fingerprint density at radius 3 is 2.83 bits per heavy atom. The zero-order chi connectivity index (χ0) is 16.9. The van der Waals surface area contributed by atoms with Gasteiger partial charge < -0.3 is 9.73 Å². The molecule has 1 unspecified atom stereocenters. The highest BCUT2D eigenvalue weighted by Crippen LogP contribution is 2.22. The Balaban J connectivity index is 1.51. The van der Waals surface area contributed by atoms with E-state index in [0.717, 1.165) is 16.3 Å². The molecule has 0 spiro atoms. The fourth-order valence-electron chi connectivity index (χ4n) is 2.56. The van der Waals surface area contributed by atoms with E-state index >= 15 is 0 Å². The number of aromatic nitrogens is 1. The largest absolute Gasteiger partial charge is 0.468 e. The maximum atomic E-state index is 12.1. The van der Waals surface area contributed by atoms with Crippen molar-refractivity contribution in [1.82, 2.24) is 15.2 Å². The number of furan rings is 1. The Hall–Kier alpha value is -2.18. The molecule has 1 N–H and O–H groups in total. The van der Waals surface area contributed by atoms with E-state index in [4.69, 9.17) is 4.42 Å². The number of hydrogen-bond donors (Lipinski definition) is 1. The minimum absolute atomic E-state index is 0.0337. The van der Waals surface area contributed by atoms with Crippen LogP contribution in [0.2, 0.25) is 0 Å². The number of carbonyl (C=O) groups excluding carboxylic acids is 1. The second-order valence-electron chi connectivity index (χ2n) is 5.87. The SMILES string of the molecule is CN(C)C(CNC(=O)CCc1nc2ccccc2s1)c1ccco1. The maximum absolute atomic E-state index is 12.1. The Bertz CT molecular complexity index is 763. The van der Waals surface area contributed by atoms with Gasteiger partial charge in [0.25, 0.3) is 0 Å². The molecule has 3 aromatic rings. The van der Waals surface area contributed by atoms with Crippen LogP contribution < -0.4 is 5.32 Å². The van der Waals surface area contributed by atoms with E-state index in [1.54, 1.807) is 17.6 Å². The van der Waals surface area contributed by atoms with Crippen LogP contribution in [-0.4, -0.2) is 36.4 Å². The Labute approximate surface area is 145 Å². The standard InChI is InChI=1S/C18H21N3O2S/c1-21(2)14(15-7-5-11-23-15)12-19-17(22)9-10-18-20-13-6-3-4-8-16(13)24-18/h3-8,11,14H,9-10,12H2,1-2H3,(H,19,22). The molecule has 0 bridgehead atoms. The van der Waals surface area contributed by atoms with Gasteiger partial charge in [0.2, 0.25) is 5.91 Å². The fraction of sp³-hybridized carbons (Fsp3) is 0.333. The zero-order valence-corrected chi connectivity index (χ0v) is 14.7. The molecular formula is C18H21N3O2S. The third kappa shape index (κ3) is 4.01. The van der Waals surface area contributed by atoms with Crippen LogP contribution in [0.3, 0.4) is 0 Å². The van der Waals surface area contributed by atoms with Crippen molar-refractivity contribution in [3.63, 3.8) is 0 Å². The summed E-state index contributed by atoms with van der Waals surface area (Å²) in [7, 11) is 3.95. The van der Waals surface area contributed by atoms with Crippen molar-refractivity contribution in [2.45, 2.75) is 18.9 Å². The highest BCUT2D eigenvalue weighted by atomic mass is 32.1. The van der Waals surface area contributed by atoms with Gasteiger partial charge in [-0.25, -0.2) is 4.98 Å². The van der Waals surface area contributed by atoms with Gasteiger partial charge in [-0.1, -0.05) is 12.1 Å². The lowest BCUT2D eigenvalue weighted by Gasteiger charge is -2.22. The first kappa shape index (κ1) is 16.7. The van der Waals surface area contributed by atoms with Crippen LogP contribution >= 0.6 is 11.3 Å². The molecule has 2 heterocycles. The number of nitrogens with zero attached hydrogens (tertiary/aromatic N) is 2. The second-order valence-corrected chi connectivity index (χ2v) is 6.99. The Kier molecular flexibility index (Phi) is 5.27. The lowest BCUT2D eigenvalue weighted by Crippen LogP contribution is -2.34. The van der Waals surface area contributed by atoms with Gasteiger partial charge in [-0.05, 0) is 38.4 Å². The van der Waals surface area contributed by atoms with E-state index in [1.807, 2.05) is 49.3 Å². The maximum Gasteiger partial charge on any atom is 0.220 e. The first-order valence-corrected chi connectivity index (χ1v) is 8.76. The first-order valence-electron chi connectivity index (χ1n) is 7.94. The molecule has 0 radical (unpaired) electrons. The van der Waals surface area contributed by atoms with E-state index < -0.39 is 0 Å². The smallest absolute Gasteiger partial charge is 0.220 e. The van der Waals surface area contributed by atoms with Gasteiger partial charge in [0.1, 0.15) is 5.76 Å². The number of nitrogens with one attached hydrogen (secondary N) is 1. The summed E-state index contributed by atoms with van der Waals surface area (Å²) in [5.74, 6) is 0.888. The quantitative estimate of drug-likeness (QED) is 0.715. The molecule has 0 fully saturated rings. The van der Waals surface area contributed by atoms with Crippen molar-refractivity contribution in [1.29, 1.82) is 0 Å². The molecule has 1 aromatic carbocycles. The zero-order valence-electron chi connectivity index (χ0n) is 13.9. The minimum atomic E-state index is 0.0337. The number of fused-ring (bicyclic) bond motifs is 1. The van der Waals surface area contributed by atoms with Crippen LogP contribution in [0, 0.1) is 0 Å². The number of likely N-dealkylation sites (N-methyl/N-ethyl adjacent to an activating group) is 1. The number of rotatable bonds is 7. The van der Waals surface area contributed by atoms with Crippen LogP contribution in [-0.2, 0) is 11.2 Å². The monoisotopic (exact) mass is 343 g/mol. The second kappa shape index (κ2) is 7.59. The molecule has 6 heteroatoms. The van der Waals surface area contributed by atoms with Gasteiger partial charge >= 0.3 is 0 Å². The van der Waals surface area contributed by atoms with Crippen LogP contribution in [0.5, 0.6) is 0 Å². The summed E-state index contributed by atoms with van der Waals surface area (Å²) in [6.45, 7) is 0.527. The van der Waals surface area contributed by atoms with Gasteiger partial charge in [0, 0.05) is 19.4 Å². The normalized spacial score (nSPS) is 12.6. The number of carbonyl (C=O) groups is 1. The summed E-state index contributed by atoms with van der Waals surface area (Å²) in [6, 6.07) is 11.9. The predicted molar refractivity (Wildman–Crippen MR) is 96.1 cm³/mol. The number of hydrogen-bond acceptors (Lipinski definition) is 5. The molecule has 1 atom stereocenters. The summed E-state index contributed by atoms with van der Waals surface area (Å²) in [5.41, 5.74) is 1.00. The van der Waals surface area contributed by atoms with Crippen LogP contribution in [0.15, 0.2) is 47.1 Å². The van der Waals surface area contributed by atoms with Crippen LogP contribution in [0.25, 0.3) is 10.2 Å². The number of benzene rings is 1. The van der Waals surface area contributed by atoms with E-state index in [1.165, 1.54) is 4.70 Å². The van der Waals surface area contributed by atoms with Gasteiger partial charge in [0.15, 0.2) is 0 Å².